The van der Waals surface area contributed by atoms with E-state index < -0.39 is 5.41 Å². The van der Waals surface area contributed by atoms with Gasteiger partial charge in [0.2, 0.25) is 5.91 Å². The first-order chi connectivity index (χ1) is 9.84. The highest BCUT2D eigenvalue weighted by atomic mass is 32.1. The molecule has 0 aliphatic heterocycles. The third-order valence-electron chi connectivity index (χ3n) is 3.65. The molecule has 0 saturated carbocycles. The second-order valence-corrected chi connectivity index (χ2v) is 6.78. The number of nitrogens with zero attached hydrogens (tertiary/aromatic N) is 1. The quantitative estimate of drug-likeness (QED) is 0.849. The second-order valence-electron chi connectivity index (χ2n) is 5.58. The van der Waals surface area contributed by atoms with Gasteiger partial charge in [0.1, 0.15) is 0 Å². The Morgan fingerprint density at radius 1 is 1.33 bits per heavy atom. The fourth-order valence-electron chi connectivity index (χ4n) is 2.09. The van der Waals surface area contributed by atoms with Crippen molar-refractivity contribution in [3.63, 3.8) is 0 Å². The number of rotatable bonds is 4. The zero-order chi connectivity index (χ0) is 15.6. The molecule has 2 aromatic rings. The van der Waals surface area contributed by atoms with Gasteiger partial charge in [0.15, 0.2) is 5.13 Å². The zero-order valence-electron chi connectivity index (χ0n) is 12.9. The maximum absolute atomic E-state index is 12.6. The molecule has 21 heavy (non-hydrogen) atoms. The Hall–Kier alpha value is -1.88. The summed E-state index contributed by atoms with van der Waals surface area (Å²) in [5, 5.41) is 3.59. The summed E-state index contributed by atoms with van der Waals surface area (Å²) in [6.45, 7) is 7.88. The summed E-state index contributed by atoms with van der Waals surface area (Å²) in [5.41, 5.74) is 7.72. The number of aromatic nitrogens is 1. The van der Waals surface area contributed by atoms with Crippen LogP contribution in [0, 0.1) is 6.92 Å². The van der Waals surface area contributed by atoms with E-state index in [9.17, 15) is 4.79 Å². The number of nitrogen functional groups attached to an aromatic ring is 1. The molecule has 5 heteroatoms. The predicted octanol–water partition coefficient (Wildman–Crippen LogP) is 3.51. The fraction of sp³-hybridized carbons (Fsp3) is 0.375. The molecule has 3 N–H and O–H groups in total. The maximum atomic E-state index is 12.6. The third kappa shape index (κ3) is 3.24. The van der Waals surface area contributed by atoms with Gasteiger partial charge in [0.05, 0.1) is 11.1 Å². The van der Waals surface area contributed by atoms with Gasteiger partial charge in [-0.1, -0.05) is 19.1 Å². The Bertz CT molecular complexity index is 644. The molecular formula is C16H21N3OS. The Labute approximate surface area is 129 Å². The molecule has 0 aliphatic carbocycles. The largest absolute Gasteiger partial charge is 0.399 e. The maximum Gasteiger partial charge on any atom is 0.236 e. The molecule has 0 unspecified atom stereocenters. The number of thiazole rings is 1. The average molecular weight is 303 g/mol. The van der Waals surface area contributed by atoms with E-state index in [0.29, 0.717) is 10.8 Å². The summed E-state index contributed by atoms with van der Waals surface area (Å²) < 4.78 is 0. The molecule has 2 rings (SSSR count). The zero-order valence-corrected chi connectivity index (χ0v) is 13.7. The number of benzene rings is 1. The normalized spacial score (nSPS) is 11.4. The van der Waals surface area contributed by atoms with Crippen LogP contribution in [0.5, 0.6) is 0 Å². The van der Waals surface area contributed by atoms with E-state index in [2.05, 4.69) is 17.2 Å². The number of nitrogens with one attached hydrogen (secondary N) is 1. The van der Waals surface area contributed by atoms with Gasteiger partial charge in [-0.2, -0.15) is 0 Å². The van der Waals surface area contributed by atoms with Crippen LogP contribution in [-0.4, -0.2) is 10.9 Å². The molecule has 1 amide bonds. The van der Waals surface area contributed by atoms with Crippen molar-refractivity contribution in [3.8, 4) is 0 Å². The van der Waals surface area contributed by atoms with Gasteiger partial charge >= 0.3 is 0 Å². The van der Waals surface area contributed by atoms with Gasteiger partial charge in [-0.15, -0.1) is 11.3 Å². The first-order valence-electron chi connectivity index (χ1n) is 6.98. The van der Waals surface area contributed by atoms with Gasteiger partial charge in [-0.3, -0.25) is 4.79 Å². The Morgan fingerprint density at radius 2 is 1.95 bits per heavy atom. The molecule has 0 fully saturated rings. The highest BCUT2D eigenvalue weighted by Crippen LogP contribution is 2.28. The van der Waals surface area contributed by atoms with Crippen LogP contribution in [0.3, 0.4) is 0 Å². The highest BCUT2D eigenvalue weighted by molar-refractivity contribution is 7.15. The van der Waals surface area contributed by atoms with E-state index in [-0.39, 0.29) is 5.91 Å². The topological polar surface area (TPSA) is 68.0 Å². The molecule has 0 atom stereocenters. The van der Waals surface area contributed by atoms with Crippen molar-refractivity contribution in [2.24, 2.45) is 0 Å². The lowest BCUT2D eigenvalue weighted by Crippen LogP contribution is -2.34. The number of hydrogen-bond acceptors (Lipinski definition) is 4. The summed E-state index contributed by atoms with van der Waals surface area (Å²) >= 11 is 1.52. The Balaban J connectivity index is 2.19. The van der Waals surface area contributed by atoms with E-state index in [1.165, 1.54) is 11.3 Å². The van der Waals surface area contributed by atoms with Crippen LogP contribution in [-0.2, 0) is 16.6 Å². The lowest BCUT2D eigenvalue weighted by molar-refractivity contribution is -0.120. The number of nitrogens with two attached hydrogens (primary N) is 1. The van der Waals surface area contributed by atoms with Crippen LogP contribution < -0.4 is 11.1 Å². The lowest BCUT2D eigenvalue weighted by atomic mass is 9.83. The monoisotopic (exact) mass is 303 g/mol. The molecule has 0 spiro atoms. The number of carbonyl (C=O) groups excluding carboxylic acids is 1. The Kier molecular flexibility index (Phi) is 4.32. The van der Waals surface area contributed by atoms with E-state index in [4.69, 9.17) is 5.73 Å². The van der Waals surface area contributed by atoms with Crippen molar-refractivity contribution in [1.82, 2.24) is 4.98 Å². The van der Waals surface area contributed by atoms with Gasteiger partial charge in [0, 0.05) is 10.6 Å². The number of anilines is 2. The first kappa shape index (κ1) is 15.5. The van der Waals surface area contributed by atoms with Crippen molar-refractivity contribution >= 4 is 28.1 Å². The molecule has 1 heterocycles. The molecule has 1 aromatic heterocycles. The SMILES string of the molecule is CCc1nc(NC(=O)C(C)(C)c2ccc(N)cc2)sc1C. The minimum Gasteiger partial charge on any atom is -0.399 e. The number of aryl methyl sites for hydroxylation is 2. The highest BCUT2D eigenvalue weighted by Gasteiger charge is 2.30. The fourth-order valence-corrected chi connectivity index (χ4v) is 2.99. The minimum absolute atomic E-state index is 0.0660. The van der Waals surface area contributed by atoms with E-state index in [1.54, 1.807) is 0 Å². The van der Waals surface area contributed by atoms with Crippen molar-refractivity contribution in [2.75, 3.05) is 11.1 Å². The van der Waals surface area contributed by atoms with E-state index in [1.807, 2.05) is 45.0 Å². The van der Waals surface area contributed by atoms with E-state index >= 15 is 0 Å². The van der Waals surface area contributed by atoms with Crippen molar-refractivity contribution in [3.05, 3.63) is 40.4 Å². The van der Waals surface area contributed by atoms with Gasteiger partial charge in [-0.05, 0) is 44.9 Å². The molecular weight excluding hydrogens is 282 g/mol. The van der Waals surface area contributed by atoms with Crippen LogP contribution >= 0.6 is 11.3 Å². The third-order valence-corrected chi connectivity index (χ3v) is 4.58. The van der Waals surface area contributed by atoms with Crippen LogP contribution in [0.25, 0.3) is 0 Å². The van der Waals surface area contributed by atoms with Crippen LogP contribution in [0.1, 0.15) is 36.9 Å². The molecule has 4 nitrogen and oxygen atoms in total. The number of amides is 1. The summed E-state index contributed by atoms with van der Waals surface area (Å²) in [7, 11) is 0. The summed E-state index contributed by atoms with van der Waals surface area (Å²) in [6.07, 6.45) is 0.875. The minimum atomic E-state index is -0.639. The summed E-state index contributed by atoms with van der Waals surface area (Å²) in [4.78, 5) is 18.2. The molecule has 0 radical (unpaired) electrons. The van der Waals surface area contributed by atoms with Gasteiger partial charge in [-0.25, -0.2) is 4.98 Å². The molecule has 112 valence electrons. The lowest BCUT2D eigenvalue weighted by Gasteiger charge is -2.23. The Morgan fingerprint density at radius 3 is 2.48 bits per heavy atom. The number of hydrogen-bond donors (Lipinski definition) is 2. The molecule has 0 saturated heterocycles. The van der Waals surface area contributed by atoms with E-state index in [0.717, 1.165) is 22.6 Å². The molecule has 0 bridgehead atoms. The second kappa shape index (κ2) is 5.85. The van der Waals surface area contributed by atoms with Crippen LogP contribution in [0.4, 0.5) is 10.8 Å². The predicted molar refractivity (Wildman–Crippen MR) is 88.7 cm³/mol. The molecule has 0 aliphatic rings. The average Bonchev–Trinajstić information content (AvgIpc) is 2.79. The van der Waals surface area contributed by atoms with Crippen molar-refractivity contribution in [2.45, 2.75) is 39.5 Å². The van der Waals surface area contributed by atoms with Crippen LogP contribution in [0.2, 0.25) is 0 Å². The summed E-state index contributed by atoms with van der Waals surface area (Å²) in [5.74, 6) is -0.0660. The standard InChI is InChI=1S/C16H21N3OS/c1-5-13-10(2)21-15(18-13)19-14(20)16(3,4)11-6-8-12(17)9-7-11/h6-9H,5,17H2,1-4H3,(H,18,19,20). The van der Waals surface area contributed by atoms with Gasteiger partial charge in [0.25, 0.3) is 0 Å². The van der Waals surface area contributed by atoms with Gasteiger partial charge < -0.3 is 11.1 Å². The van der Waals surface area contributed by atoms with Crippen molar-refractivity contribution < 1.29 is 4.79 Å². The number of carbonyl (C=O) groups is 1. The smallest absolute Gasteiger partial charge is 0.236 e. The van der Waals surface area contributed by atoms with Crippen LogP contribution in [0.15, 0.2) is 24.3 Å². The van der Waals surface area contributed by atoms with Crippen molar-refractivity contribution in [1.29, 1.82) is 0 Å². The summed E-state index contributed by atoms with van der Waals surface area (Å²) in [6, 6.07) is 7.40. The first-order valence-corrected chi connectivity index (χ1v) is 7.80. The molecule has 1 aromatic carbocycles.